The molecule has 3 unspecified atom stereocenters. The number of allylic oxidation sites excluding steroid dienone is 1. The lowest BCUT2D eigenvalue weighted by molar-refractivity contribution is -0.583. The molecule has 1 saturated carbocycles. The minimum absolute atomic E-state index is 0.0453. The first kappa shape index (κ1) is 20.6. The summed E-state index contributed by atoms with van der Waals surface area (Å²) in [6.07, 6.45) is 6.79. The van der Waals surface area contributed by atoms with Gasteiger partial charge in [-0.05, 0) is 43.9 Å². The Balaban J connectivity index is 2.12. The van der Waals surface area contributed by atoms with Gasteiger partial charge < -0.3 is 9.47 Å². The maximum atomic E-state index is 12.6. The summed E-state index contributed by atoms with van der Waals surface area (Å²) < 4.78 is 12.2. The van der Waals surface area contributed by atoms with Crippen LogP contribution in [-0.4, -0.2) is 60.2 Å². The molecule has 2 fully saturated rings. The largest absolute Gasteiger partial charge is 0.444 e. The van der Waals surface area contributed by atoms with Gasteiger partial charge in [0.15, 0.2) is 7.05 Å². The molecule has 0 N–H and O–H groups in total. The monoisotopic (exact) mass is 365 g/mol. The highest BCUT2D eigenvalue weighted by atomic mass is 16.6. The second-order valence-electron chi connectivity index (χ2n) is 8.32. The van der Waals surface area contributed by atoms with E-state index in [0.717, 1.165) is 16.8 Å². The van der Waals surface area contributed by atoms with Gasteiger partial charge in [0.25, 0.3) is 0 Å². The SMILES string of the molecule is C/C=C(\C=C/C1C(C)CC1[N+](C)=O)[C@H]1COCCN1C(=O)OC(C)(C)C. The summed E-state index contributed by atoms with van der Waals surface area (Å²) in [6.45, 7) is 11.2. The Kier molecular flexibility index (Phi) is 6.61. The second kappa shape index (κ2) is 8.33. The van der Waals surface area contributed by atoms with E-state index in [1.54, 1.807) is 11.9 Å². The van der Waals surface area contributed by atoms with E-state index in [1.807, 2.05) is 39.8 Å². The van der Waals surface area contributed by atoms with Crippen molar-refractivity contribution in [2.24, 2.45) is 11.8 Å². The van der Waals surface area contributed by atoms with Crippen molar-refractivity contribution in [2.45, 2.75) is 58.7 Å². The number of carbonyl (C=O) groups is 1. The van der Waals surface area contributed by atoms with Gasteiger partial charge in [-0.1, -0.05) is 25.2 Å². The van der Waals surface area contributed by atoms with E-state index in [9.17, 15) is 9.70 Å². The van der Waals surface area contributed by atoms with E-state index >= 15 is 0 Å². The molecule has 6 nitrogen and oxygen atoms in total. The smallest absolute Gasteiger partial charge is 0.410 e. The molecule has 1 amide bonds. The summed E-state index contributed by atoms with van der Waals surface area (Å²) in [5.41, 5.74) is 0.487. The maximum Gasteiger partial charge on any atom is 0.410 e. The highest BCUT2D eigenvalue weighted by Crippen LogP contribution is 2.37. The molecule has 2 aliphatic rings. The van der Waals surface area contributed by atoms with Crippen LogP contribution in [0, 0.1) is 16.7 Å². The number of hydrogen-bond acceptors (Lipinski definition) is 4. The molecule has 1 saturated heterocycles. The first-order chi connectivity index (χ1) is 12.1. The lowest BCUT2D eigenvalue weighted by Gasteiger charge is -2.38. The number of nitrogens with zero attached hydrogens (tertiary/aromatic N) is 2. The number of morpholine rings is 1. The molecule has 6 heteroatoms. The van der Waals surface area contributed by atoms with Crippen molar-refractivity contribution in [1.82, 2.24) is 4.90 Å². The molecule has 0 aromatic heterocycles. The third-order valence-electron chi connectivity index (χ3n) is 5.17. The number of ether oxygens (including phenoxy) is 2. The van der Waals surface area contributed by atoms with Crippen LogP contribution in [0.15, 0.2) is 23.8 Å². The van der Waals surface area contributed by atoms with E-state index in [0.29, 0.717) is 25.7 Å². The third-order valence-corrected chi connectivity index (χ3v) is 5.17. The minimum Gasteiger partial charge on any atom is -0.444 e. The molecule has 26 heavy (non-hydrogen) atoms. The molecule has 1 aliphatic heterocycles. The van der Waals surface area contributed by atoms with Crippen LogP contribution in [0.2, 0.25) is 0 Å². The second-order valence-corrected chi connectivity index (χ2v) is 8.32. The fraction of sp³-hybridized carbons (Fsp3) is 0.750. The van der Waals surface area contributed by atoms with Crippen LogP contribution < -0.4 is 0 Å². The van der Waals surface area contributed by atoms with Crippen molar-refractivity contribution in [3.05, 3.63) is 28.7 Å². The van der Waals surface area contributed by atoms with E-state index < -0.39 is 5.60 Å². The summed E-state index contributed by atoms with van der Waals surface area (Å²) in [5, 5.41) is 0. The third kappa shape index (κ3) is 4.93. The number of amides is 1. The minimum atomic E-state index is -0.529. The number of carbonyl (C=O) groups excluding carboxylic acids is 1. The molecule has 1 aliphatic carbocycles. The molecule has 4 atom stereocenters. The van der Waals surface area contributed by atoms with Crippen molar-refractivity contribution in [3.8, 4) is 0 Å². The van der Waals surface area contributed by atoms with E-state index in [-0.39, 0.29) is 24.1 Å². The van der Waals surface area contributed by atoms with Gasteiger partial charge in [0.2, 0.25) is 6.04 Å². The van der Waals surface area contributed by atoms with E-state index in [4.69, 9.17) is 9.47 Å². The fourth-order valence-electron chi connectivity index (χ4n) is 3.63. The molecule has 2 rings (SSSR count). The first-order valence-corrected chi connectivity index (χ1v) is 9.45. The van der Waals surface area contributed by atoms with Gasteiger partial charge in [-0.15, -0.1) is 0 Å². The van der Waals surface area contributed by atoms with Crippen LogP contribution in [0.3, 0.4) is 0 Å². The quantitative estimate of drug-likeness (QED) is 0.565. The summed E-state index contributed by atoms with van der Waals surface area (Å²) in [4.78, 5) is 26.0. The Hall–Kier alpha value is -1.69. The van der Waals surface area contributed by atoms with Crippen LogP contribution in [0.25, 0.3) is 0 Å². The summed E-state index contributed by atoms with van der Waals surface area (Å²) in [7, 11) is 1.59. The number of hydrogen-bond donors (Lipinski definition) is 0. The molecule has 0 aromatic rings. The van der Waals surface area contributed by atoms with E-state index in [2.05, 4.69) is 13.0 Å². The average molecular weight is 365 g/mol. The molecule has 1 heterocycles. The Morgan fingerprint density at radius 2 is 2.04 bits per heavy atom. The highest BCUT2D eigenvalue weighted by Gasteiger charge is 2.45. The fourth-order valence-corrected chi connectivity index (χ4v) is 3.63. The van der Waals surface area contributed by atoms with Crippen LogP contribution in [-0.2, 0) is 9.47 Å². The van der Waals surface area contributed by atoms with Crippen molar-refractivity contribution in [3.63, 3.8) is 0 Å². The zero-order valence-electron chi connectivity index (χ0n) is 16.9. The van der Waals surface area contributed by atoms with Gasteiger partial charge in [-0.25, -0.2) is 4.79 Å². The van der Waals surface area contributed by atoms with Gasteiger partial charge in [0, 0.05) is 23.8 Å². The highest BCUT2D eigenvalue weighted by molar-refractivity contribution is 5.69. The summed E-state index contributed by atoms with van der Waals surface area (Å²) in [5.74, 6) is 0.738. The van der Waals surface area contributed by atoms with Gasteiger partial charge in [-0.3, -0.25) is 4.90 Å². The summed E-state index contributed by atoms with van der Waals surface area (Å²) >= 11 is 0. The predicted molar refractivity (Wildman–Crippen MR) is 101 cm³/mol. The number of rotatable bonds is 4. The Morgan fingerprint density at radius 3 is 2.58 bits per heavy atom. The lowest BCUT2D eigenvalue weighted by Crippen LogP contribution is -2.51. The van der Waals surface area contributed by atoms with Crippen LogP contribution in [0.1, 0.15) is 41.0 Å². The average Bonchev–Trinajstić information content (AvgIpc) is 2.54. The van der Waals surface area contributed by atoms with Gasteiger partial charge in [0.1, 0.15) is 5.60 Å². The zero-order chi connectivity index (χ0) is 19.5. The van der Waals surface area contributed by atoms with Crippen LogP contribution in [0.4, 0.5) is 4.79 Å². The maximum absolute atomic E-state index is 12.6. The van der Waals surface area contributed by atoms with Crippen LogP contribution >= 0.6 is 0 Å². The Bertz CT molecular complexity index is 591. The predicted octanol–water partition coefficient (Wildman–Crippen LogP) is 3.56. The molecule has 146 valence electrons. The lowest BCUT2D eigenvalue weighted by atomic mass is 9.70. The van der Waals surface area contributed by atoms with Crippen molar-refractivity contribution >= 4 is 6.09 Å². The van der Waals surface area contributed by atoms with E-state index in [1.165, 1.54) is 0 Å². The normalized spacial score (nSPS) is 30.2. The standard InChI is InChI=1S/C20H33N2O4/c1-7-15(8-9-16-14(2)12-17(16)21(6)24)18-13-25-11-10-22(18)19(23)26-20(3,4)5/h7-9,14,16-18H,10-13H2,1-6H3/q+1/b9-8-,15-7+/t14?,16?,17?,18-/m1/s1. The molecule has 0 radical (unpaired) electrons. The van der Waals surface area contributed by atoms with Crippen molar-refractivity contribution in [2.75, 3.05) is 26.8 Å². The van der Waals surface area contributed by atoms with Crippen molar-refractivity contribution < 1.29 is 19.0 Å². The van der Waals surface area contributed by atoms with Gasteiger partial charge in [-0.2, -0.15) is 0 Å². The first-order valence-electron chi connectivity index (χ1n) is 9.45. The Morgan fingerprint density at radius 1 is 1.35 bits per heavy atom. The number of nitroso groups, excluding NO2 is 1. The van der Waals surface area contributed by atoms with Gasteiger partial charge in [0.05, 0.1) is 19.3 Å². The topological polar surface area (TPSA) is 58.8 Å². The molecule has 0 aromatic carbocycles. The molecular formula is C20H33N2O4+. The molecule has 0 bridgehead atoms. The summed E-state index contributed by atoms with van der Waals surface area (Å²) in [6, 6.07) is -0.123. The van der Waals surface area contributed by atoms with Crippen molar-refractivity contribution in [1.29, 1.82) is 0 Å². The van der Waals surface area contributed by atoms with Gasteiger partial charge >= 0.3 is 6.09 Å². The molecular weight excluding hydrogens is 332 g/mol. The van der Waals surface area contributed by atoms with Crippen LogP contribution in [0.5, 0.6) is 0 Å². The Labute approximate surface area is 156 Å². The zero-order valence-corrected chi connectivity index (χ0v) is 16.9. The molecule has 0 spiro atoms.